The molecule has 2 aliphatic rings. The van der Waals surface area contributed by atoms with Crippen LogP contribution in [0.15, 0.2) is 18.3 Å². The second kappa shape index (κ2) is 7.52. The standard InChI is InChI=1S/C19H27N3O3/c1-4-15-6-5-13(9-20-15)19(24)22-10-14-7-16(25-17(14)11-22)8-18(23)21-12(2)3/h5-6,9,12,14,16-17H,4,7-8,10-11H2,1-3H3,(H,21,23)/t14-,16+,17+/m0/s1. The Labute approximate surface area is 148 Å². The number of ether oxygens (including phenoxy) is 1. The van der Waals surface area contributed by atoms with Gasteiger partial charge in [-0.2, -0.15) is 0 Å². The van der Waals surface area contributed by atoms with Crippen molar-refractivity contribution in [2.45, 2.75) is 58.3 Å². The summed E-state index contributed by atoms with van der Waals surface area (Å²) in [6, 6.07) is 3.90. The van der Waals surface area contributed by atoms with Gasteiger partial charge in [-0.15, -0.1) is 0 Å². The van der Waals surface area contributed by atoms with Gasteiger partial charge in [0.1, 0.15) is 0 Å². The summed E-state index contributed by atoms with van der Waals surface area (Å²) in [5.74, 6) is 0.376. The van der Waals surface area contributed by atoms with Crippen LogP contribution in [0.5, 0.6) is 0 Å². The summed E-state index contributed by atoms with van der Waals surface area (Å²) >= 11 is 0. The number of carbonyl (C=O) groups is 2. The van der Waals surface area contributed by atoms with Crippen LogP contribution in [-0.2, 0) is 16.0 Å². The van der Waals surface area contributed by atoms with Crippen LogP contribution in [0.3, 0.4) is 0 Å². The van der Waals surface area contributed by atoms with E-state index in [9.17, 15) is 9.59 Å². The molecule has 0 saturated carbocycles. The lowest BCUT2D eigenvalue weighted by Gasteiger charge is -2.19. The van der Waals surface area contributed by atoms with Crippen molar-refractivity contribution in [2.24, 2.45) is 5.92 Å². The lowest BCUT2D eigenvalue weighted by atomic mass is 10.0. The highest BCUT2D eigenvalue weighted by molar-refractivity contribution is 5.94. The number of fused-ring (bicyclic) bond motifs is 1. The van der Waals surface area contributed by atoms with Gasteiger partial charge in [0.25, 0.3) is 5.91 Å². The normalized spacial score (nSPS) is 25.3. The third-order valence-electron chi connectivity index (χ3n) is 4.90. The molecule has 3 heterocycles. The third-order valence-corrected chi connectivity index (χ3v) is 4.90. The largest absolute Gasteiger partial charge is 0.372 e. The molecular formula is C19H27N3O3. The Hall–Kier alpha value is -1.95. The molecule has 2 aliphatic heterocycles. The Bertz CT molecular complexity index is 615. The minimum absolute atomic E-state index is 0.0160. The molecule has 0 aliphatic carbocycles. The second-order valence-corrected chi connectivity index (χ2v) is 7.32. The third kappa shape index (κ3) is 4.18. The van der Waals surface area contributed by atoms with E-state index < -0.39 is 0 Å². The summed E-state index contributed by atoms with van der Waals surface area (Å²) < 4.78 is 6.02. The summed E-state index contributed by atoms with van der Waals surface area (Å²) in [6.07, 6.45) is 3.78. The molecule has 136 valence electrons. The van der Waals surface area contributed by atoms with Crippen molar-refractivity contribution in [2.75, 3.05) is 13.1 Å². The van der Waals surface area contributed by atoms with Gasteiger partial charge in [-0.05, 0) is 38.8 Å². The first kappa shape index (κ1) is 17.9. The molecular weight excluding hydrogens is 318 g/mol. The van der Waals surface area contributed by atoms with Crippen molar-refractivity contribution >= 4 is 11.8 Å². The maximum Gasteiger partial charge on any atom is 0.255 e. The van der Waals surface area contributed by atoms with Crippen molar-refractivity contribution in [3.63, 3.8) is 0 Å². The molecule has 0 radical (unpaired) electrons. The number of nitrogens with zero attached hydrogens (tertiary/aromatic N) is 2. The molecule has 1 aromatic rings. The van der Waals surface area contributed by atoms with Crippen molar-refractivity contribution in [3.05, 3.63) is 29.6 Å². The van der Waals surface area contributed by atoms with Gasteiger partial charge in [0, 0.05) is 36.9 Å². The van der Waals surface area contributed by atoms with E-state index in [0.717, 1.165) is 18.5 Å². The van der Waals surface area contributed by atoms with Crippen LogP contribution < -0.4 is 5.32 Å². The van der Waals surface area contributed by atoms with Crippen molar-refractivity contribution < 1.29 is 14.3 Å². The van der Waals surface area contributed by atoms with E-state index in [4.69, 9.17) is 4.74 Å². The fourth-order valence-corrected chi connectivity index (χ4v) is 3.69. The SMILES string of the molecule is CCc1ccc(C(=O)N2C[C@@H]3C[C@H](CC(=O)NC(C)C)O[C@@H]3C2)cn1. The minimum atomic E-state index is -0.0310. The first-order valence-corrected chi connectivity index (χ1v) is 9.15. The zero-order chi connectivity index (χ0) is 18.0. The van der Waals surface area contributed by atoms with Crippen LogP contribution in [0, 0.1) is 5.92 Å². The monoisotopic (exact) mass is 345 g/mol. The van der Waals surface area contributed by atoms with Gasteiger partial charge in [0.05, 0.1) is 24.2 Å². The summed E-state index contributed by atoms with van der Waals surface area (Å²) in [6.45, 7) is 7.24. The molecule has 0 spiro atoms. The van der Waals surface area contributed by atoms with E-state index in [1.165, 1.54) is 0 Å². The maximum absolute atomic E-state index is 12.6. The van der Waals surface area contributed by atoms with Gasteiger partial charge in [-0.25, -0.2) is 0 Å². The van der Waals surface area contributed by atoms with Crippen LogP contribution in [0.1, 0.15) is 49.7 Å². The first-order chi connectivity index (χ1) is 12.0. The van der Waals surface area contributed by atoms with E-state index in [2.05, 4.69) is 10.3 Å². The molecule has 6 nitrogen and oxygen atoms in total. The van der Waals surface area contributed by atoms with Gasteiger partial charge in [0.15, 0.2) is 0 Å². The summed E-state index contributed by atoms with van der Waals surface area (Å²) in [4.78, 5) is 30.7. The highest BCUT2D eigenvalue weighted by Gasteiger charge is 2.44. The molecule has 6 heteroatoms. The minimum Gasteiger partial charge on any atom is -0.372 e. The van der Waals surface area contributed by atoms with Crippen LogP contribution in [-0.4, -0.2) is 53.0 Å². The van der Waals surface area contributed by atoms with Crippen LogP contribution in [0.25, 0.3) is 0 Å². The van der Waals surface area contributed by atoms with Crippen LogP contribution in [0.4, 0.5) is 0 Å². The number of rotatable bonds is 5. The number of hydrogen-bond donors (Lipinski definition) is 1. The summed E-state index contributed by atoms with van der Waals surface area (Å²) in [5.41, 5.74) is 1.62. The van der Waals surface area contributed by atoms with E-state index >= 15 is 0 Å². The summed E-state index contributed by atoms with van der Waals surface area (Å²) in [7, 11) is 0. The highest BCUT2D eigenvalue weighted by Crippen LogP contribution is 2.34. The average Bonchev–Trinajstić information content (AvgIpc) is 3.11. The molecule has 0 bridgehead atoms. The Morgan fingerprint density at radius 1 is 1.36 bits per heavy atom. The number of nitrogens with one attached hydrogen (secondary N) is 1. The number of aryl methyl sites for hydroxylation is 1. The first-order valence-electron chi connectivity index (χ1n) is 9.15. The molecule has 0 unspecified atom stereocenters. The number of carbonyl (C=O) groups excluding carboxylic acids is 2. The second-order valence-electron chi connectivity index (χ2n) is 7.32. The molecule has 2 fully saturated rings. The molecule has 3 rings (SSSR count). The molecule has 0 aromatic carbocycles. The lowest BCUT2D eigenvalue weighted by molar-refractivity contribution is -0.124. The number of likely N-dealkylation sites (tertiary alicyclic amines) is 1. The number of hydrogen-bond acceptors (Lipinski definition) is 4. The van der Waals surface area contributed by atoms with Crippen molar-refractivity contribution in [1.82, 2.24) is 15.2 Å². The smallest absolute Gasteiger partial charge is 0.255 e. The predicted molar refractivity (Wildman–Crippen MR) is 94.2 cm³/mol. The molecule has 1 aromatic heterocycles. The molecule has 2 amide bonds. The molecule has 3 atom stereocenters. The number of aromatic nitrogens is 1. The Morgan fingerprint density at radius 2 is 2.16 bits per heavy atom. The fourth-order valence-electron chi connectivity index (χ4n) is 3.69. The van der Waals surface area contributed by atoms with Crippen molar-refractivity contribution in [3.8, 4) is 0 Å². The highest BCUT2D eigenvalue weighted by atomic mass is 16.5. The van der Waals surface area contributed by atoms with Gasteiger partial charge >= 0.3 is 0 Å². The van der Waals surface area contributed by atoms with Crippen molar-refractivity contribution in [1.29, 1.82) is 0 Å². The number of amides is 2. The van der Waals surface area contributed by atoms with E-state index in [-0.39, 0.29) is 30.1 Å². The van der Waals surface area contributed by atoms with Gasteiger partial charge in [-0.1, -0.05) is 6.92 Å². The van der Waals surface area contributed by atoms with Crippen LogP contribution in [0.2, 0.25) is 0 Å². The molecule has 1 N–H and O–H groups in total. The predicted octanol–water partition coefficient (Wildman–Crippen LogP) is 1.79. The Kier molecular flexibility index (Phi) is 5.37. The van der Waals surface area contributed by atoms with Crippen LogP contribution >= 0.6 is 0 Å². The van der Waals surface area contributed by atoms with Gasteiger partial charge < -0.3 is 15.0 Å². The number of pyridine rings is 1. The zero-order valence-electron chi connectivity index (χ0n) is 15.2. The molecule has 25 heavy (non-hydrogen) atoms. The van der Waals surface area contributed by atoms with Gasteiger partial charge in [0.2, 0.25) is 5.91 Å². The zero-order valence-corrected chi connectivity index (χ0v) is 15.2. The lowest BCUT2D eigenvalue weighted by Crippen LogP contribution is -2.34. The Morgan fingerprint density at radius 3 is 2.76 bits per heavy atom. The molecule has 2 saturated heterocycles. The average molecular weight is 345 g/mol. The van der Waals surface area contributed by atoms with E-state index in [1.54, 1.807) is 6.20 Å². The maximum atomic E-state index is 12.6. The van der Waals surface area contributed by atoms with Gasteiger partial charge in [-0.3, -0.25) is 14.6 Å². The summed E-state index contributed by atoms with van der Waals surface area (Å²) in [5, 5.41) is 2.90. The Balaban J connectivity index is 1.52. The topological polar surface area (TPSA) is 71.5 Å². The quantitative estimate of drug-likeness (QED) is 0.883. The van der Waals surface area contributed by atoms with E-state index in [0.29, 0.717) is 31.0 Å². The van der Waals surface area contributed by atoms with E-state index in [1.807, 2.05) is 37.8 Å². The fraction of sp³-hybridized carbons (Fsp3) is 0.632.